The fourth-order valence-corrected chi connectivity index (χ4v) is 5.19. The molecule has 4 heteroatoms. The van der Waals surface area contributed by atoms with Crippen LogP contribution in [0.1, 0.15) is 82.5 Å². The molecule has 1 aliphatic rings. The van der Waals surface area contributed by atoms with E-state index in [0.29, 0.717) is 17.8 Å². The van der Waals surface area contributed by atoms with E-state index in [2.05, 4.69) is 76.5 Å². The summed E-state index contributed by atoms with van der Waals surface area (Å²) in [6.07, 6.45) is 9.27. The summed E-state index contributed by atoms with van der Waals surface area (Å²) < 4.78 is 26.2. The number of nitrogens with zero attached hydrogens (tertiary/aromatic N) is 1. The highest BCUT2D eigenvalue weighted by atomic mass is 19.1. The minimum absolute atomic E-state index is 0.362. The normalized spacial score (nSPS) is 17.8. The number of likely N-dealkylation sites (tertiary alicyclic amines) is 1. The fraction of sp³-hybridized carbons (Fsp3) is 0.533. The van der Waals surface area contributed by atoms with Crippen LogP contribution in [0.5, 0.6) is 0 Å². The van der Waals surface area contributed by atoms with Gasteiger partial charge in [0.25, 0.3) is 0 Å². The third kappa shape index (κ3) is 5.71. The third-order valence-electron chi connectivity index (χ3n) is 7.67. The monoisotopic (exact) mass is 468 g/mol. The number of nitrogens with one attached hydrogen (secondary N) is 1. The lowest BCUT2D eigenvalue weighted by molar-refractivity contribution is 0.109. The van der Waals surface area contributed by atoms with Crippen molar-refractivity contribution in [2.45, 2.75) is 71.8 Å². The van der Waals surface area contributed by atoms with Gasteiger partial charge in [-0.2, -0.15) is 0 Å². The van der Waals surface area contributed by atoms with Gasteiger partial charge in [0.2, 0.25) is 0 Å². The minimum atomic E-state index is -0.609. The van der Waals surface area contributed by atoms with Crippen LogP contribution >= 0.6 is 0 Å². The van der Waals surface area contributed by atoms with Gasteiger partial charge in [0.05, 0.1) is 6.04 Å². The van der Waals surface area contributed by atoms with Gasteiger partial charge in [-0.1, -0.05) is 64.1 Å². The second-order valence-corrected chi connectivity index (χ2v) is 10.2. The molecule has 0 spiro atoms. The van der Waals surface area contributed by atoms with E-state index in [1.807, 2.05) is 11.0 Å². The second kappa shape index (κ2) is 12.0. The molecule has 1 saturated heterocycles. The van der Waals surface area contributed by atoms with E-state index in [4.69, 9.17) is 0 Å². The van der Waals surface area contributed by atoms with Crippen LogP contribution in [-0.2, 0) is 0 Å². The summed E-state index contributed by atoms with van der Waals surface area (Å²) in [6, 6.07) is 6.20. The highest BCUT2D eigenvalue weighted by Gasteiger charge is 2.27. The molecule has 1 fully saturated rings. The molecule has 2 nitrogen and oxygen atoms in total. The lowest BCUT2D eigenvalue weighted by atomic mass is 9.87. The Morgan fingerprint density at radius 2 is 1.85 bits per heavy atom. The second-order valence-electron chi connectivity index (χ2n) is 10.2. The number of halogens is 2. The van der Waals surface area contributed by atoms with Gasteiger partial charge < -0.3 is 4.98 Å². The first kappa shape index (κ1) is 26.4. The van der Waals surface area contributed by atoms with Gasteiger partial charge in [0.15, 0.2) is 0 Å². The topological polar surface area (TPSA) is 19.0 Å². The summed E-state index contributed by atoms with van der Waals surface area (Å²) in [5.41, 5.74) is 7.54. The Bertz CT molecular complexity index is 1020. The van der Waals surface area contributed by atoms with Gasteiger partial charge in [-0.05, 0) is 85.9 Å². The SMILES string of the molecule is C=C/C=C(\C=C(\C)C(C)CC)c1[nH]c2ccc(C3CCN(C(CF)CF)CC3)cc2c1C(C)C. The zero-order valence-electron chi connectivity index (χ0n) is 21.6. The number of rotatable bonds is 10. The molecule has 34 heavy (non-hydrogen) atoms. The maximum absolute atomic E-state index is 13.1. The predicted molar refractivity (Wildman–Crippen MR) is 143 cm³/mol. The van der Waals surface area contributed by atoms with E-state index >= 15 is 0 Å². The Morgan fingerprint density at radius 3 is 2.41 bits per heavy atom. The van der Waals surface area contributed by atoms with Crippen molar-refractivity contribution in [3.63, 3.8) is 0 Å². The Labute approximate surface area is 204 Å². The molecule has 1 aliphatic heterocycles. The van der Waals surface area contributed by atoms with Crippen molar-refractivity contribution in [3.05, 3.63) is 65.4 Å². The minimum Gasteiger partial charge on any atom is -0.354 e. The smallest absolute Gasteiger partial charge is 0.107 e. The van der Waals surface area contributed by atoms with E-state index in [1.165, 1.54) is 33.4 Å². The Hall–Kier alpha value is -2.20. The number of allylic oxidation sites excluding steroid dienone is 5. The number of piperidine rings is 1. The van der Waals surface area contributed by atoms with Crippen molar-refractivity contribution in [2.75, 3.05) is 26.4 Å². The van der Waals surface area contributed by atoms with Crippen LogP contribution in [0.2, 0.25) is 0 Å². The largest absolute Gasteiger partial charge is 0.354 e. The van der Waals surface area contributed by atoms with E-state index in [9.17, 15) is 8.78 Å². The first-order valence-corrected chi connectivity index (χ1v) is 12.9. The number of hydrogen-bond acceptors (Lipinski definition) is 1. The molecular weight excluding hydrogens is 426 g/mol. The molecule has 0 saturated carbocycles. The van der Waals surface area contributed by atoms with Gasteiger partial charge >= 0.3 is 0 Å². The maximum Gasteiger partial charge on any atom is 0.107 e. The third-order valence-corrected chi connectivity index (χ3v) is 7.67. The van der Waals surface area contributed by atoms with Crippen molar-refractivity contribution in [1.29, 1.82) is 0 Å². The first-order valence-electron chi connectivity index (χ1n) is 12.9. The molecule has 1 aromatic heterocycles. The summed E-state index contributed by atoms with van der Waals surface area (Å²) in [6.45, 7) is 15.5. The van der Waals surface area contributed by atoms with Crippen molar-refractivity contribution >= 4 is 16.5 Å². The molecule has 1 N–H and O–H groups in total. The van der Waals surface area contributed by atoms with E-state index < -0.39 is 19.4 Å². The van der Waals surface area contributed by atoms with Crippen molar-refractivity contribution in [3.8, 4) is 0 Å². The van der Waals surface area contributed by atoms with Crippen LogP contribution in [0.25, 0.3) is 16.5 Å². The van der Waals surface area contributed by atoms with Crippen LogP contribution in [0.15, 0.2) is 48.6 Å². The Kier molecular flexibility index (Phi) is 9.30. The molecular formula is C30H42F2N2. The molecule has 2 aromatic rings. The van der Waals surface area contributed by atoms with Gasteiger partial charge in [0, 0.05) is 16.6 Å². The fourth-order valence-electron chi connectivity index (χ4n) is 5.19. The number of aromatic nitrogens is 1. The van der Waals surface area contributed by atoms with Gasteiger partial charge in [0.1, 0.15) is 13.3 Å². The van der Waals surface area contributed by atoms with E-state index in [-0.39, 0.29) is 0 Å². The summed E-state index contributed by atoms with van der Waals surface area (Å²) in [7, 11) is 0. The van der Waals surface area contributed by atoms with Gasteiger partial charge in [-0.25, -0.2) is 8.78 Å². The maximum atomic E-state index is 13.1. The predicted octanol–water partition coefficient (Wildman–Crippen LogP) is 8.34. The summed E-state index contributed by atoms with van der Waals surface area (Å²) >= 11 is 0. The van der Waals surface area contributed by atoms with E-state index in [1.54, 1.807) is 0 Å². The highest BCUT2D eigenvalue weighted by Crippen LogP contribution is 2.38. The number of alkyl halides is 2. The molecule has 0 radical (unpaired) electrons. The summed E-state index contributed by atoms with van der Waals surface area (Å²) in [4.78, 5) is 5.68. The molecule has 2 heterocycles. The van der Waals surface area contributed by atoms with Crippen LogP contribution < -0.4 is 0 Å². The first-order chi connectivity index (χ1) is 16.3. The Morgan fingerprint density at radius 1 is 1.18 bits per heavy atom. The van der Waals surface area contributed by atoms with Crippen molar-refractivity contribution < 1.29 is 8.78 Å². The van der Waals surface area contributed by atoms with Crippen LogP contribution in [0, 0.1) is 5.92 Å². The van der Waals surface area contributed by atoms with Crippen molar-refractivity contribution in [2.24, 2.45) is 5.92 Å². The van der Waals surface area contributed by atoms with E-state index in [0.717, 1.165) is 37.9 Å². The average Bonchev–Trinajstić information content (AvgIpc) is 3.23. The molecule has 3 rings (SSSR count). The number of fused-ring (bicyclic) bond motifs is 1. The average molecular weight is 469 g/mol. The van der Waals surface area contributed by atoms with Crippen molar-refractivity contribution in [1.82, 2.24) is 9.88 Å². The zero-order chi connectivity index (χ0) is 24.8. The molecule has 1 unspecified atom stereocenters. The van der Waals surface area contributed by atoms with Crippen LogP contribution in [0.3, 0.4) is 0 Å². The standard InChI is InChI=1S/C30H42F2N2/c1-7-9-25(16-22(6)21(5)8-2)30-29(20(3)4)27-17-24(10-11-28(27)33-30)23-12-14-34(15-13-23)26(18-31)19-32/h7,9-11,16-17,20-21,23,26,33H,1,8,12-15,18-19H2,2-6H3/b22-16-,25-9+. The van der Waals surface area contributed by atoms with Crippen LogP contribution in [0.4, 0.5) is 8.78 Å². The molecule has 1 aromatic carbocycles. The lowest BCUT2D eigenvalue weighted by Crippen LogP contribution is -2.43. The summed E-state index contributed by atoms with van der Waals surface area (Å²) in [5.74, 6) is 1.32. The molecule has 0 bridgehead atoms. The zero-order valence-corrected chi connectivity index (χ0v) is 21.6. The molecule has 1 atom stereocenters. The number of aromatic amines is 1. The number of hydrogen-bond donors (Lipinski definition) is 1. The highest BCUT2D eigenvalue weighted by molar-refractivity contribution is 5.92. The number of H-pyrrole nitrogens is 1. The lowest BCUT2D eigenvalue weighted by Gasteiger charge is -2.35. The van der Waals surface area contributed by atoms with Gasteiger partial charge in [-0.15, -0.1) is 0 Å². The quantitative estimate of drug-likeness (QED) is 0.347. The number of benzene rings is 1. The molecule has 186 valence electrons. The summed E-state index contributed by atoms with van der Waals surface area (Å²) in [5, 5.41) is 1.28. The molecule has 0 amide bonds. The Balaban J connectivity index is 1.97. The van der Waals surface area contributed by atoms with Crippen LogP contribution in [-0.4, -0.2) is 42.4 Å². The van der Waals surface area contributed by atoms with Gasteiger partial charge in [-0.3, -0.25) is 4.90 Å². The molecule has 0 aliphatic carbocycles.